The molecule has 0 heterocycles. The normalized spacial score (nSPS) is 15.8. The van der Waals surface area contributed by atoms with Gasteiger partial charge < -0.3 is 24.8 Å². The zero-order chi connectivity index (χ0) is 19.6. The Labute approximate surface area is 219 Å². The van der Waals surface area contributed by atoms with Crippen LogP contribution in [0.4, 0.5) is 0 Å². The van der Waals surface area contributed by atoms with Gasteiger partial charge in [0.25, 0.3) is 0 Å². The quantitative estimate of drug-likeness (QED) is 0.523. The third-order valence-corrected chi connectivity index (χ3v) is 4.50. The molecule has 0 atom stereocenters. The summed E-state index contributed by atoms with van der Waals surface area (Å²) in [4.78, 5) is 0. The minimum absolute atomic E-state index is 0. The molecule has 0 amide bonds. The molecule has 156 valence electrons. The summed E-state index contributed by atoms with van der Waals surface area (Å²) in [7, 11) is 0. The molecule has 0 bridgehead atoms. The van der Waals surface area contributed by atoms with Gasteiger partial charge in [-0.2, -0.15) is 58.7 Å². The fraction of sp³-hybridized carbons (Fsp3) is 0.143. The van der Waals surface area contributed by atoms with Gasteiger partial charge in [-0.1, -0.05) is 85.6 Å². The fourth-order valence-corrected chi connectivity index (χ4v) is 2.97. The van der Waals surface area contributed by atoms with Crippen LogP contribution in [0.25, 0.3) is 0 Å². The van der Waals surface area contributed by atoms with Crippen molar-refractivity contribution in [3.8, 4) is 0 Å². The van der Waals surface area contributed by atoms with Crippen molar-refractivity contribution in [2.75, 3.05) is 0 Å². The van der Waals surface area contributed by atoms with Gasteiger partial charge in [0.15, 0.2) is 0 Å². The Kier molecular flexibility index (Phi) is 15.2. The third-order valence-electron chi connectivity index (χ3n) is 4.50. The van der Waals surface area contributed by atoms with Gasteiger partial charge in [-0.05, 0) is 12.8 Å². The molecule has 0 fully saturated rings. The molecule has 2 aliphatic rings. The van der Waals surface area contributed by atoms with E-state index in [1.807, 2.05) is 24.3 Å². The van der Waals surface area contributed by atoms with E-state index in [0.29, 0.717) is 0 Å². The van der Waals surface area contributed by atoms with Crippen LogP contribution in [-0.4, -0.2) is 0 Å². The van der Waals surface area contributed by atoms with E-state index < -0.39 is 0 Å². The zero-order valence-corrected chi connectivity index (χ0v) is 21.9. The molecule has 2 aromatic rings. The number of rotatable bonds is 4. The van der Waals surface area contributed by atoms with Crippen LogP contribution in [0, 0.1) is 12.2 Å². The molecule has 31 heavy (non-hydrogen) atoms. The Morgan fingerprint density at radius 1 is 0.613 bits per heavy atom. The first-order valence-electron chi connectivity index (χ1n) is 9.73. The Bertz CT molecular complexity index is 881. The van der Waals surface area contributed by atoms with E-state index in [-0.39, 0.29) is 51.0 Å². The molecule has 0 saturated heterocycles. The van der Waals surface area contributed by atoms with Crippen molar-refractivity contribution in [1.82, 2.24) is 0 Å². The average molecular weight is 525 g/mol. The minimum Gasteiger partial charge on any atom is -1.00 e. The molecule has 0 saturated carbocycles. The Morgan fingerprint density at radius 2 is 0.968 bits per heavy atom. The smallest absolute Gasteiger partial charge is 1.00 e. The summed E-state index contributed by atoms with van der Waals surface area (Å²) < 4.78 is 0. The van der Waals surface area contributed by atoms with E-state index in [4.69, 9.17) is 0 Å². The molecular formula is C28H26Cl2Zr. The number of hydrogen-bond acceptors (Lipinski definition) is 0. The van der Waals surface area contributed by atoms with Gasteiger partial charge in [0.1, 0.15) is 0 Å². The first-order chi connectivity index (χ1) is 13.7. The molecule has 0 aromatic heterocycles. The molecule has 2 aliphatic carbocycles. The maximum Gasteiger partial charge on any atom is 4.00 e. The van der Waals surface area contributed by atoms with E-state index in [1.54, 1.807) is 0 Å². The van der Waals surface area contributed by atoms with Crippen molar-refractivity contribution >= 4 is 0 Å². The second-order valence-electron chi connectivity index (χ2n) is 7.05. The van der Waals surface area contributed by atoms with Gasteiger partial charge in [-0.25, -0.2) is 0 Å². The number of benzene rings is 2. The number of halogens is 2. The van der Waals surface area contributed by atoms with E-state index in [1.165, 1.54) is 33.4 Å². The van der Waals surface area contributed by atoms with Gasteiger partial charge in [-0.3, -0.25) is 0 Å². The van der Waals surface area contributed by atoms with Gasteiger partial charge in [0.05, 0.1) is 0 Å². The molecule has 3 heteroatoms. The third kappa shape index (κ3) is 11.0. The summed E-state index contributed by atoms with van der Waals surface area (Å²) in [6.07, 6.45) is 21.2. The fourth-order valence-electron chi connectivity index (χ4n) is 2.97. The molecule has 0 unspecified atom stereocenters. The van der Waals surface area contributed by atoms with Gasteiger partial charge in [0.2, 0.25) is 0 Å². The van der Waals surface area contributed by atoms with E-state index >= 15 is 0 Å². The summed E-state index contributed by atoms with van der Waals surface area (Å²) in [6, 6.07) is 21.0. The molecule has 0 nitrogen and oxygen atoms in total. The average Bonchev–Trinajstić information content (AvgIpc) is 3.35. The van der Waals surface area contributed by atoms with E-state index in [9.17, 15) is 0 Å². The van der Waals surface area contributed by atoms with Crippen LogP contribution in [0.15, 0.2) is 119 Å². The SMILES string of the molecule is CC1=CC(=CCc2ccccc2)[C-]=C1.CC1=CC(=CCc2ccccc2)[C-]=C1.[Cl-].[Cl-].[Zr+4]. The zero-order valence-electron chi connectivity index (χ0n) is 17.9. The standard InChI is InChI=1S/2C14H13.2ClH.Zr/c2*1-12-7-8-14(11-12)10-9-13-5-3-2-4-6-13;;;/h2*2-7,10-11H,9H2,1H3;2*1H;/q2*-1;;;+4/p-2. The summed E-state index contributed by atoms with van der Waals surface area (Å²) in [5, 5.41) is 0. The topological polar surface area (TPSA) is 0 Å². The Balaban J connectivity index is 0.000000529. The number of allylic oxidation sites excluding steroid dienone is 12. The first-order valence-corrected chi connectivity index (χ1v) is 9.73. The Hall–Kier alpha value is -1.66. The molecule has 2 aromatic carbocycles. The molecule has 0 radical (unpaired) electrons. The summed E-state index contributed by atoms with van der Waals surface area (Å²) >= 11 is 0. The van der Waals surface area contributed by atoms with Crippen LogP contribution in [-0.2, 0) is 39.0 Å². The van der Waals surface area contributed by atoms with Crippen LogP contribution in [0.1, 0.15) is 25.0 Å². The molecule has 0 aliphatic heterocycles. The van der Waals surface area contributed by atoms with Crippen LogP contribution >= 0.6 is 0 Å². The van der Waals surface area contributed by atoms with Gasteiger partial charge in [0, 0.05) is 0 Å². The minimum atomic E-state index is 0. The number of hydrogen-bond donors (Lipinski definition) is 0. The second kappa shape index (κ2) is 16.0. The largest absolute Gasteiger partial charge is 4.00 e. The van der Waals surface area contributed by atoms with Crippen molar-refractivity contribution in [3.05, 3.63) is 143 Å². The van der Waals surface area contributed by atoms with Crippen LogP contribution < -0.4 is 24.8 Å². The van der Waals surface area contributed by atoms with Gasteiger partial charge >= 0.3 is 26.2 Å². The van der Waals surface area contributed by atoms with E-state index in [0.717, 1.165) is 12.8 Å². The molecule has 0 spiro atoms. The molecule has 4 rings (SSSR count). The van der Waals surface area contributed by atoms with Crippen LogP contribution in [0.2, 0.25) is 0 Å². The van der Waals surface area contributed by atoms with Gasteiger partial charge in [-0.15, -0.1) is 12.2 Å². The summed E-state index contributed by atoms with van der Waals surface area (Å²) in [6.45, 7) is 4.19. The van der Waals surface area contributed by atoms with Crippen molar-refractivity contribution in [1.29, 1.82) is 0 Å². The summed E-state index contributed by atoms with van der Waals surface area (Å²) in [5.74, 6) is 0. The van der Waals surface area contributed by atoms with Crippen molar-refractivity contribution < 1.29 is 51.0 Å². The second-order valence-corrected chi connectivity index (χ2v) is 7.05. The van der Waals surface area contributed by atoms with E-state index in [2.05, 4.69) is 98.8 Å². The summed E-state index contributed by atoms with van der Waals surface area (Å²) in [5.41, 5.74) is 7.66. The Morgan fingerprint density at radius 3 is 1.26 bits per heavy atom. The first kappa shape index (κ1) is 29.3. The predicted octanol–water partition coefficient (Wildman–Crippen LogP) is 0.955. The maximum atomic E-state index is 3.22. The maximum absolute atomic E-state index is 3.22. The molecular weight excluding hydrogens is 498 g/mol. The van der Waals surface area contributed by atoms with Crippen molar-refractivity contribution in [3.63, 3.8) is 0 Å². The van der Waals surface area contributed by atoms with Crippen LogP contribution in [0.5, 0.6) is 0 Å². The predicted molar refractivity (Wildman–Crippen MR) is 120 cm³/mol. The van der Waals surface area contributed by atoms with Crippen molar-refractivity contribution in [2.45, 2.75) is 26.7 Å². The molecule has 0 N–H and O–H groups in total. The van der Waals surface area contributed by atoms with Crippen LogP contribution in [0.3, 0.4) is 0 Å². The van der Waals surface area contributed by atoms with Crippen molar-refractivity contribution in [2.24, 2.45) is 0 Å². The monoisotopic (exact) mass is 522 g/mol.